The van der Waals surface area contributed by atoms with E-state index in [2.05, 4.69) is 17.0 Å². The van der Waals surface area contributed by atoms with Gasteiger partial charge in [0.2, 0.25) is 6.79 Å². The van der Waals surface area contributed by atoms with Crippen LogP contribution < -0.4 is 18.4 Å². The molecular weight excluding hydrogens is 430 g/mol. The van der Waals surface area contributed by atoms with Crippen LogP contribution in [-0.4, -0.2) is 39.0 Å². The Bertz CT molecular complexity index is 1170. The summed E-state index contributed by atoms with van der Waals surface area (Å²) >= 11 is 0. The first kappa shape index (κ1) is 20.2. The second kappa shape index (κ2) is 7.56. The SMILES string of the molecule is COc1ccc2c(c1OS(=O)(=O)C1CCCC1)CN1CCc3cc4c(cc3C1C2)OCO4. The van der Waals surface area contributed by atoms with Gasteiger partial charge in [-0.3, -0.25) is 4.90 Å². The summed E-state index contributed by atoms with van der Waals surface area (Å²) in [4.78, 5) is 2.40. The zero-order valence-electron chi connectivity index (χ0n) is 18.1. The van der Waals surface area contributed by atoms with Crippen molar-refractivity contribution in [3.05, 3.63) is 46.5 Å². The number of nitrogens with zero attached hydrogens (tertiary/aromatic N) is 1. The average molecular weight is 458 g/mol. The maximum absolute atomic E-state index is 13.0. The number of rotatable bonds is 4. The van der Waals surface area contributed by atoms with E-state index in [1.807, 2.05) is 12.1 Å². The fourth-order valence-corrected chi connectivity index (χ4v) is 7.07. The van der Waals surface area contributed by atoms with Crippen LogP contribution >= 0.6 is 0 Å². The zero-order chi connectivity index (χ0) is 21.9. The Balaban J connectivity index is 1.37. The number of hydrogen-bond donors (Lipinski definition) is 0. The summed E-state index contributed by atoms with van der Waals surface area (Å²) in [7, 11) is -2.14. The summed E-state index contributed by atoms with van der Waals surface area (Å²) < 4.78 is 48.5. The van der Waals surface area contributed by atoms with Gasteiger partial charge in [-0.2, -0.15) is 8.42 Å². The summed E-state index contributed by atoms with van der Waals surface area (Å²) in [5.74, 6) is 2.47. The first-order chi connectivity index (χ1) is 15.5. The fourth-order valence-electron chi connectivity index (χ4n) is 5.61. The van der Waals surface area contributed by atoms with Gasteiger partial charge in [-0.1, -0.05) is 18.9 Å². The topological polar surface area (TPSA) is 74.3 Å². The molecule has 32 heavy (non-hydrogen) atoms. The normalized spacial score (nSPS) is 22.2. The van der Waals surface area contributed by atoms with Gasteiger partial charge < -0.3 is 18.4 Å². The molecule has 4 aliphatic rings. The van der Waals surface area contributed by atoms with Gasteiger partial charge in [0, 0.05) is 24.7 Å². The summed E-state index contributed by atoms with van der Waals surface area (Å²) in [5, 5.41) is -0.425. The average Bonchev–Trinajstić information content (AvgIpc) is 3.49. The number of fused-ring (bicyclic) bond motifs is 5. The Hall–Kier alpha value is -2.45. The van der Waals surface area contributed by atoms with Crippen molar-refractivity contribution >= 4 is 10.1 Å². The first-order valence-electron chi connectivity index (χ1n) is 11.3. The highest BCUT2D eigenvalue weighted by molar-refractivity contribution is 7.87. The molecule has 8 heteroatoms. The summed E-state index contributed by atoms with van der Waals surface area (Å²) in [5.41, 5.74) is 4.59. The van der Waals surface area contributed by atoms with Crippen molar-refractivity contribution in [1.82, 2.24) is 4.90 Å². The van der Waals surface area contributed by atoms with Crippen LogP contribution in [0.5, 0.6) is 23.0 Å². The Morgan fingerprint density at radius 3 is 2.62 bits per heavy atom. The van der Waals surface area contributed by atoms with E-state index >= 15 is 0 Å². The Kier molecular flexibility index (Phi) is 4.76. The molecule has 0 saturated heterocycles. The Morgan fingerprint density at radius 1 is 1.06 bits per heavy atom. The van der Waals surface area contributed by atoms with Gasteiger partial charge in [0.15, 0.2) is 23.0 Å². The summed E-state index contributed by atoms with van der Waals surface area (Å²) in [6.45, 7) is 1.79. The molecule has 3 heterocycles. The third-order valence-corrected chi connectivity index (χ3v) is 9.02. The van der Waals surface area contributed by atoms with E-state index in [1.54, 1.807) is 7.11 Å². The van der Waals surface area contributed by atoms with Gasteiger partial charge in [-0.25, -0.2) is 0 Å². The number of methoxy groups -OCH3 is 1. The largest absolute Gasteiger partial charge is 0.493 e. The van der Waals surface area contributed by atoms with Gasteiger partial charge in [-0.15, -0.1) is 0 Å². The molecule has 0 aromatic heterocycles. The summed E-state index contributed by atoms with van der Waals surface area (Å²) in [6.07, 6.45) is 4.90. The molecule has 3 aliphatic heterocycles. The molecule has 7 nitrogen and oxygen atoms in total. The van der Waals surface area contributed by atoms with Crippen molar-refractivity contribution in [3.63, 3.8) is 0 Å². The second-order valence-electron chi connectivity index (χ2n) is 9.06. The van der Waals surface area contributed by atoms with Crippen LogP contribution in [0.2, 0.25) is 0 Å². The highest BCUT2D eigenvalue weighted by atomic mass is 32.2. The molecule has 0 bridgehead atoms. The van der Waals surface area contributed by atoms with Gasteiger partial charge in [0.05, 0.1) is 12.4 Å². The quantitative estimate of drug-likeness (QED) is 0.648. The van der Waals surface area contributed by atoms with E-state index in [-0.39, 0.29) is 12.8 Å². The third-order valence-electron chi connectivity index (χ3n) is 7.33. The van der Waals surface area contributed by atoms with Crippen LogP contribution in [0.15, 0.2) is 24.3 Å². The number of benzene rings is 2. The highest BCUT2D eigenvalue weighted by Gasteiger charge is 2.38. The molecule has 170 valence electrons. The van der Waals surface area contributed by atoms with Gasteiger partial charge in [0.1, 0.15) is 0 Å². The van der Waals surface area contributed by atoms with E-state index in [9.17, 15) is 8.42 Å². The molecule has 1 unspecified atom stereocenters. The molecule has 0 amide bonds. The van der Waals surface area contributed by atoms with Crippen molar-refractivity contribution < 1.29 is 26.8 Å². The summed E-state index contributed by atoms with van der Waals surface area (Å²) in [6, 6.07) is 8.32. The van der Waals surface area contributed by atoms with Gasteiger partial charge in [0.25, 0.3) is 0 Å². The molecular formula is C24H27NO6S. The predicted molar refractivity (Wildman–Crippen MR) is 118 cm³/mol. The number of ether oxygens (including phenoxy) is 3. The molecule has 2 aromatic carbocycles. The van der Waals surface area contributed by atoms with Crippen molar-refractivity contribution in [2.24, 2.45) is 0 Å². The molecule has 0 radical (unpaired) electrons. The standard InChI is InChI=1S/C24H27NO6S/c1-28-21-7-6-15-10-20-18-12-23-22(29-14-30-23)11-16(18)8-9-25(20)13-19(15)24(21)31-32(26,27)17-4-2-3-5-17/h6-7,11-12,17,20H,2-5,8-10,13-14H2,1H3. The Morgan fingerprint density at radius 2 is 1.84 bits per heavy atom. The fraction of sp³-hybridized carbons (Fsp3) is 0.500. The molecule has 1 atom stereocenters. The lowest BCUT2D eigenvalue weighted by Gasteiger charge is -2.42. The van der Waals surface area contributed by atoms with Crippen LogP contribution in [0.4, 0.5) is 0 Å². The third kappa shape index (κ3) is 3.23. The first-order valence-corrected chi connectivity index (χ1v) is 12.8. The van der Waals surface area contributed by atoms with Crippen molar-refractivity contribution in [2.45, 2.75) is 56.4 Å². The lowest BCUT2D eigenvalue weighted by Crippen LogP contribution is -2.39. The lowest BCUT2D eigenvalue weighted by atomic mass is 9.83. The van der Waals surface area contributed by atoms with Crippen LogP contribution in [0, 0.1) is 0 Å². The molecule has 6 rings (SSSR count). The molecule has 0 N–H and O–H groups in total. The highest BCUT2D eigenvalue weighted by Crippen LogP contribution is 2.47. The maximum atomic E-state index is 13.0. The molecule has 1 aliphatic carbocycles. The van der Waals surface area contributed by atoms with E-state index in [1.165, 1.54) is 11.1 Å². The maximum Gasteiger partial charge on any atom is 0.312 e. The second-order valence-corrected chi connectivity index (χ2v) is 10.9. The molecule has 1 fully saturated rings. The Labute approximate surface area is 188 Å². The van der Waals surface area contributed by atoms with E-state index < -0.39 is 15.4 Å². The molecule has 2 aromatic rings. The van der Waals surface area contributed by atoms with Gasteiger partial charge >= 0.3 is 10.1 Å². The minimum atomic E-state index is -3.69. The lowest BCUT2D eigenvalue weighted by molar-refractivity contribution is 0.158. The van der Waals surface area contributed by atoms with E-state index in [0.29, 0.717) is 30.9 Å². The van der Waals surface area contributed by atoms with E-state index in [0.717, 1.165) is 54.9 Å². The van der Waals surface area contributed by atoms with Crippen LogP contribution in [0.25, 0.3) is 0 Å². The monoisotopic (exact) mass is 457 g/mol. The van der Waals surface area contributed by atoms with Crippen molar-refractivity contribution in [3.8, 4) is 23.0 Å². The molecule has 1 saturated carbocycles. The van der Waals surface area contributed by atoms with Crippen LogP contribution in [0.1, 0.15) is 54.0 Å². The van der Waals surface area contributed by atoms with Crippen molar-refractivity contribution in [1.29, 1.82) is 0 Å². The predicted octanol–water partition coefficient (Wildman–Crippen LogP) is 3.73. The van der Waals surface area contributed by atoms with Gasteiger partial charge in [-0.05, 0) is 60.6 Å². The van der Waals surface area contributed by atoms with E-state index in [4.69, 9.17) is 18.4 Å². The minimum Gasteiger partial charge on any atom is -0.493 e. The van der Waals surface area contributed by atoms with Crippen LogP contribution in [0.3, 0.4) is 0 Å². The molecule has 0 spiro atoms. The van der Waals surface area contributed by atoms with Crippen molar-refractivity contribution in [2.75, 3.05) is 20.4 Å². The smallest absolute Gasteiger partial charge is 0.312 e. The minimum absolute atomic E-state index is 0.216. The zero-order valence-corrected chi connectivity index (χ0v) is 18.9. The van der Waals surface area contributed by atoms with Crippen LogP contribution in [-0.2, 0) is 29.5 Å². The number of hydrogen-bond acceptors (Lipinski definition) is 7.